The lowest BCUT2D eigenvalue weighted by Gasteiger charge is -2.10. The highest BCUT2D eigenvalue weighted by molar-refractivity contribution is 6.32. The SMILES string of the molecule is Cc1cc(NC(=O)c2cnn3cccnc23)n(-c2cc(N)ccc2Cl)n1. The Balaban J connectivity index is 1.73. The van der Waals surface area contributed by atoms with Crippen LogP contribution in [0.15, 0.2) is 48.9 Å². The molecular formula is C17H14ClN7O. The number of hydrogen-bond donors (Lipinski definition) is 2. The quantitative estimate of drug-likeness (QED) is 0.542. The Labute approximate surface area is 153 Å². The number of nitrogen functional groups attached to an aromatic ring is 1. The molecule has 4 aromatic rings. The van der Waals surface area contributed by atoms with Gasteiger partial charge in [0.05, 0.1) is 22.6 Å². The Morgan fingerprint density at radius 1 is 1.31 bits per heavy atom. The number of aryl methyl sites for hydroxylation is 1. The minimum absolute atomic E-state index is 0.347. The fraction of sp³-hybridized carbons (Fsp3) is 0.0588. The largest absolute Gasteiger partial charge is 0.399 e. The number of carbonyl (C=O) groups is 1. The Bertz CT molecular complexity index is 1130. The zero-order chi connectivity index (χ0) is 18.3. The zero-order valence-corrected chi connectivity index (χ0v) is 14.5. The molecule has 0 radical (unpaired) electrons. The van der Waals surface area contributed by atoms with Crippen LogP contribution < -0.4 is 11.1 Å². The average molecular weight is 368 g/mol. The van der Waals surface area contributed by atoms with Crippen molar-refractivity contribution < 1.29 is 4.79 Å². The maximum Gasteiger partial charge on any atom is 0.262 e. The van der Waals surface area contributed by atoms with Gasteiger partial charge in [-0.25, -0.2) is 14.2 Å². The van der Waals surface area contributed by atoms with Crippen molar-refractivity contribution in [2.75, 3.05) is 11.1 Å². The summed E-state index contributed by atoms with van der Waals surface area (Å²) in [5, 5.41) is 11.8. The monoisotopic (exact) mass is 367 g/mol. The Morgan fingerprint density at radius 3 is 3.00 bits per heavy atom. The predicted octanol–water partition coefficient (Wildman–Crippen LogP) is 2.71. The molecule has 1 aromatic carbocycles. The summed E-state index contributed by atoms with van der Waals surface area (Å²) in [6.45, 7) is 1.82. The summed E-state index contributed by atoms with van der Waals surface area (Å²) in [5.41, 5.74) is 8.52. The number of aromatic nitrogens is 5. The van der Waals surface area contributed by atoms with Gasteiger partial charge in [0.2, 0.25) is 0 Å². The third-order valence-corrected chi connectivity index (χ3v) is 4.12. The molecule has 3 aromatic heterocycles. The number of amides is 1. The van der Waals surface area contributed by atoms with E-state index in [0.29, 0.717) is 33.4 Å². The van der Waals surface area contributed by atoms with E-state index in [1.807, 2.05) is 6.92 Å². The van der Waals surface area contributed by atoms with Crippen LogP contribution in [0.2, 0.25) is 5.02 Å². The van der Waals surface area contributed by atoms with E-state index in [0.717, 1.165) is 5.69 Å². The third-order valence-electron chi connectivity index (χ3n) is 3.80. The zero-order valence-electron chi connectivity index (χ0n) is 13.7. The summed E-state index contributed by atoms with van der Waals surface area (Å²) in [6, 6.07) is 8.56. The Kier molecular flexibility index (Phi) is 3.81. The van der Waals surface area contributed by atoms with Crippen LogP contribution in [0.3, 0.4) is 0 Å². The first-order chi connectivity index (χ1) is 12.5. The van der Waals surface area contributed by atoms with Gasteiger partial charge in [-0.1, -0.05) is 11.6 Å². The number of nitrogens with zero attached hydrogens (tertiary/aromatic N) is 5. The van der Waals surface area contributed by atoms with Crippen molar-refractivity contribution >= 4 is 34.7 Å². The summed E-state index contributed by atoms with van der Waals surface area (Å²) in [5.74, 6) is 0.121. The predicted molar refractivity (Wildman–Crippen MR) is 98.7 cm³/mol. The van der Waals surface area contributed by atoms with Gasteiger partial charge in [-0.3, -0.25) is 4.79 Å². The van der Waals surface area contributed by atoms with E-state index in [1.165, 1.54) is 10.7 Å². The van der Waals surface area contributed by atoms with E-state index in [9.17, 15) is 4.79 Å². The molecule has 3 N–H and O–H groups in total. The molecule has 0 fully saturated rings. The van der Waals surface area contributed by atoms with Gasteiger partial charge in [-0.15, -0.1) is 0 Å². The van der Waals surface area contributed by atoms with Gasteiger partial charge in [0, 0.05) is 24.1 Å². The van der Waals surface area contributed by atoms with Crippen LogP contribution in [0.1, 0.15) is 16.1 Å². The number of benzene rings is 1. The first kappa shape index (κ1) is 16.1. The van der Waals surface area contributed by atoms with Crippen LogP contribution in [0.5, 0.6) is 0 Å². The first-order valence-electron chi connectivity index (χ1n) is 7.75. The minimum atomic E-state index is -0.347. The molecule has 0 unspecified atom stereocenters. The maximum atomic E-state index is 12.7. The van der Waals surface area contributed by atoms with Crippen LogP contribution in [-0.2, 0) is 0 Å². The summed E-state index contributed by atoms with van der Waals surface area (Å²) in [4.78, 5) is 16.9. The third kappa shape index (κ3) is 2.76. The second-order valence-electron chi connectivity index (χ2n) is 5.69. The van der Waals surface area contributed by atoms with Crippen molar-refractivity contribution in [3.05, 3.63) is 65.2 Å². The van der Waals surface area contributed by atoms with Gasteiger partial charge in [-0.05, 0) is 31.2 Å². The van der Waals surface area contributed by atoms with E-state index in [2.05, 4.69) is 20.5 Å². The topological polar surface area (TPSA) is 103 Å². The minimum Gasteiger partial charge on any atom is -0.399 e. The Morgan fingerprint density at radius 2 is 2.15 bits per heavy atom. The number of nitrogens with one attached hydrogen (secondary N) is 1. The van der Waals surface area contributed by atoms with E-state index < -0.39 is 0 Å². The number of fused-ring (bicyclic) bond motifs is 1. The molecule has 0 aliphatic heterocycles. The standard InChI is InChI=1S/C17H14ClN7O/c1-10-7-15(25(23-10)14-8-11(19)3-4-13(14)18)22-17(26)12-9-21-24-6-2-5-20-16(12)24/h2-9H,19H2,1H3,(H,22,26). The van der Waals surface area contributed by atoms with E-state index in [1.54, 1.807) is 47.4 Å². The van der Waals surface area contributed by atoms with E-state index in [4.69, 9.17) is 17.3 Å². The molecule has 0 aliphatic carbocycles. The van der Waals surface area contributed by atoms with Gasteiger partial charge in [0.1, 0.15) is 11.4 Å². The van der Waals surface area contributed by atoms with E-state index >= 15 is 0 Å². The fourth-order valence-electron chi connectivity index (χ4n) is 2.64. The first-order valence-corrected chi connectivity index (χ1v) is 8.12. The summed E-state index contributed by atoms with van der Waals surface area (Å²) in [6.07, 6.45) is 4.80. The molecule has 8 nitrogen and oxygen atoms in total. The average Bonchev–Trinajstić information content (AvgIpc) is 3.20. The lowest BCUT2D eigenvalue weighted by atomic mass is 10.3. The molecule has 3 heterocycles. The van der Waals surface area contributed by atoms with Crippen LogP contribution in [0.4, 0.5) is 11.5 Å². The van der Waals surface area contributed by atoms with Crippen molar-refractivity contribution in [1.82, 2.24) is 24.4 Å². The molecule has 0 saturated carbocycles. The summed E-state index contributed by atoms with van der Waals surface area (Å²) >= 11 is 6.27. The number of nitrogens with two attached hydrogens (primary N) is 1. The molecule has 0 atom stereocenters. The molecular weight excluding hydrogens is 354 g/mol. The molecule has 26 heavy (non-hydrogen) atoms. The lowest BCUT2D eigenvalue weighted by Crippen LogP contribution is -2.15. The number of anilines is 2. The molecule has 130 valence electrons. The highest BCUT2D eigenvalue weighted by Crippen LogP contribution is 2.26. The number of carbonyl (C=O) groups excluding carboxylic acids is 1. The van der Waals surface area contributed by atoms with Gasteiger partial charge >= 0.3 is 0 Å². The van der Waals surface area contributed by atoms with Crippen LogP contribution >= 0.6 is 11.6 Å². The van der Waals surface area contributed by atoms with Crippen molar-refractivity contribution in [2.24, 2.45) is 0 Å². The molecule has 0 aliphatic rings. The highest BCUT2D eigenvalue weighted by Gasteiger charge is 2.18. The smallest absolute Gasteiger partial charge is 0.262 e. The van der Waals surface area contributed by atoms with Crippen molar-refractivity contribution in [3.63, 3.8) is 0 Å². The maximum absolute atomic E-state index is 12.7. The molecule has 4 rings (SSSR count). The number of halogens is 1. The number of rotatable bonds is 3. The Hall–Kier alpha value is -3.39. The fourth-order valence-corrected chi connectivity index (χ4v) is 2.83. The van der Waals surface area contributed by atoms with Gasteiger partial charge < -0.3 is 11.1 Å². The number of hydrogen-bond acceptors (Lipinski definition) is 5. The molecule has 0 saturated heterocycles. The molecule has 1 amide bonds. The van der Waals surface area contributed by atoms with Gasteiger partial charge in [0.25, 0.3) is 5.91 Å². The summed E-state index contributed by atoms with van der Waals surface area (Å²) < 4.78 is 3.08. The van der Waals surface area contributed by atoms with Crippen LogP contribution in [0.25, 0.3) is 11.3 Å². The highest BCUT2D eigenvalue weighted by atomic mass is 35.5. The molecule has 0 spiro atoms. The van der Waals surface area contributed by atoms with Crippen LogP contribution in [-0.4, -0.2) is 30.3 Å². The normalized spacial score (nSPS) is 11.0. The lowest BCUT2D eigenvalue weighted by molar-refractivity contribution is 0.102. The second kappa shape index (κ2) is 6.16. The van der Waals surface area contributed by atoms with Gasteiger partial charge in [0.15, 0.2) is 5.65 Å². The van der Waals surface area contributed by atoms with Crippen LogP contribution in [0, 0.1) is 6.92 Å². The van der Waals surface area contributed by atoms with Gasteiger partial charge in [-0.2, -0.15) is 10.2 Å². The summed E-state index contributed by atoms with van der Waals surface area (Å²) in [7, 11) is 0. The van der Waals surface area contributed by atoms with E-state index in [-0.39, 0.29) is 5.91 Å². The van der Waals surface area contributed by atoms with Crippen molar-refractivity contribution in [1.29, 1.82) is 0 Å². The second-order valence-corrected chi connectivity index (χ2v) is 6.10. The van der Waals surface area contributed by atoms with Crippen molar-refractivity contribution in [3.8, 4) is 5.69 Å². The molecule has 0 bridgehead atoms. The molecule has 9 heteroatoms. The van der Waals surface area contributed by atoms with Crippen molar-refractivity contribution in [2.45, 2.75) is 6.92 Å².